The Morgan fingerprint density at radius 3 is 2.75 bits per heavy atom. The molecule has 0 spiro atoms. The number of ketones is 1. The van der Waals surface area contributed by atoms with E-state index in [4.69, 9.17) is 0 Å². The Labute approximate surface area is 97.1 Å². The van der Waals surface area contributed by atoms with Crippen LogP contribution >= 0.6 is 0 Å². The second kappa shape index (κ2) is 4.38. The molecule has 0 amide bonds. The fourth-order valence-corrected chi connectivity index (χ4v) is 2.55. The van der Waals surface area contributed by atoms with Crippen LogP contribution in [0.4, 0.5) is 0 Å². The van der Waals surface area contributed by atoms with Gasteiger partial charge in [-0.3, -0.25) is 4.79 Å². The summed E-state index contributed by atoms with van der Waals surface area (Å²) < 4.78 is 0. The molecule has 16 heavy (non-hydrogen) atoms. The van der Waals surface area contributed by atoms with E-state index in [1.54, 1.807) is 0 Å². The summed E-state index contributed by atoms with van der Waals surface area (Å²) in [7, 11) is 0. The van der Waals surface area contributed by atoms with Gasteiger partial charge in [0.05, 0.1) is 5.54 Å². The number of hydrogen-bond donors (Lipinski definition) is 1. The molecule has 0 radical (unpaired) electrons. The molecule has 1 aliphatic heterocycles. The van der Waals surface area contributed by atoms with Crippen molar-refractivity contribution >= 4 is 5.78 Å². The predicted molar refractivity (Wildman–Crippen MR) is 65.8 cm³/mol. The number of carbonyl (C=O) groups is 1. The van der Waals surface area contributed by atoms with E-state index in [1.165, 1.54) is 0 Å². The summed E-state index contributed by atoms with van der Waals surface area (Å²) in [5.41, 5.74) is 1.65. The number of Topliss-reactive ketones (excluding diaryl/α,β-unsaturated/α-hetero) is 1. The molecular weight excluding hydrogens is 198 g/mol. The van der Waals surface area contributed by atoms with Crippen molar-refractivity contribution in [3.8, 4) is 0 Å². The van der Waals surface area contributed by atoms with Gasteiger partial charge in [-0.05, 0) is 38.3 Å². The van der Waals surface area contributed by atoms with E-state index >= 15 is 0 Å². The fraction of sp³-hybridized carbons (Fsp3) is 0.500. The van der Waals surface area contributed by atoms with Crippen molar-refractivity contribution < 1.29 is 4.79 Å². The molecule has 86 valence electrons. The van der Waals surface area contributed by atoms with Crippen LogP contribution in [-0.2, 0) is 0 Å². The smallest absolute Gasteiger partial charge is 0.183 e. The minimum Gasteiger partial charge on any atom is -0.305 e. The van der Waals surface area contributed by atoms with Gasteiger partial charge in [0.15, 0.2) is 5.78 Å². The summed E-state index contributed by atoms with van der Waals surface area (Å²) in [4.78, 5) is 12.6. The summed E-state index contributed by atoms with van der Waals surface area (Å²) in [5, 5.41) is 3.40. The van der Waals surface area contributed by atoms with Gasteiger partial charge >= 0.3 is 0 Å². The highest BCUT2D eigenvalue weighted by Crippen LogP contribution is 2.28. The van der Waals surface area contributed by atoms with Crippen molar-refractivity contribution in [1.82, 2.24) is 5.32 Å². The molecule has 1 heterocycles. The molecule has 1 aliphatic rings. The maximum atomic E-state index is 12.6. The van der Waals surface area contributed by atoms with Crippen molar-refractivity contribution in [1.29, 1.82) is 0 Å². The minimum absolute atomic E-state index is 0.269. The third kappa shape index (κ3) is 1.78. The van der Waals surface area contributed by atoms with Crippen LogP contribution in [0.3, 0.4) is 0 Å². The van der Waals surface area contributed by atoms with Gasteiger partial charge in [-0.1, -0.05) is 31.2 Å². The lowest BCUT2D eigenvalue weighted by atomic mass is 9.84. The number of aryl methyl sites for hydroxylation is 1. The van der Waals surface area contributed by atoms with Crippen molar-refractivity contribution in [3.63, 3.8) is 0 Å². The highest BCUT2D eigenvalue weighted by Gasteiger charge is 2.39. The normalized spacial score (nSPS) is 24.6. The topological polar surface area (TPSA) is 29.1 Å². The van der Waals surface area contributed by atoms with Gasteiger partial charge in [-0.2, -0.15) is 0 Å². The Kier molecular flexibility index (Phi) is 3.10. The SMILES string of the molecule is CCC1(C(=O)c2ccccc2C)CCCN1. The van der Waals surface area contributed by atoms with E-state index in [0.717, 1.165) is 36.9 Å². The van der Waals surface area contributed by atoms with E-state index in [0.29, 0.717) is 0 Å². The maximum Gasteiger partial charge on any atom is 0.183 e. The van der Waals surface area contributed by atoms with Crippen LogP contribution in [0.25, 0.3) is 0 Å². The van der Waals surface area contributed by atoms with Crippen molar-refractivity contribution in [2.75, 3.05) is 6.54 Å². The van der Waals surface area contributed by atoms with E-state index in [9.17, 15) is 4.79 Å². The zero-order valence-electron chi connectivity index (χ0n) is 10.0. The summed E-state index contributed by atoms with van der Waals surface area (Å²) in [6, 6.07) is 7.87. The van der Waals surface area contributed by atoms with Gasteiger partial charge in [0.2, 0.25) is 0 Å². The minimum atomic E-state index is -0.299. The van der Waals surface area contributed by atoms with Gasteiger partial charge in [-0.25, -0.2) is 0 Å². The van der Waals surface area contributed by atoms with Crippen molar-refractivity contribution in [3.05, 3.63) is 35.4 Å². The molecule has 1 unspecified atom stereocenters. The molecule has 1 atom stereocenters. The first-order valence-corrected chi connectivity index (χ1v) is 6.05. The lowest BCUT2D eigenvalue weighted by Crippen LogP contribution is -2.47. The summed E-state index contributed by atoms with van der Waals surface area (Å²) >= 11 is 0. The summed E-state index contributed by atoms with van der Waals surface area (Å²) in [6.45, 7) is 5.06. The van der Waals surface area contributed by atoms with Crippen LogP contribution in [0, 0.1) is 6.92 Å². The van der Waals surface area contributed by atoms with Crippen LogP contribution in [0.5, 0.6) is 0 Å². The molecule has 2 nitrogen and oxygen atoms in total. The quantitative estimate of drug-likeness (QED) is 0.789. The summed E-state index contributed by atoms with van der Waals surface area (Å²) in [5.74, 6) is 0.269. The van der Waals surface area contributed by atoms with E-state index in [1.807, 2.05) is 31.2 Å². The molecule has 0 bridgehead atoms. The zero-order chi connectivity index (χ0) is 11.6. The average molecular weight is 217 g/mol. The van der Waals surface area contributed by atoms with Crippen LogP contribution in [-0.4, -0.2) is 17.9 Å². The lowest BCUT2D eigenvalue weighted by Gasteiger charge is -2.27. The maximum absolute atomic E-state index is 12.6. The van der Waals surface area contributed by atoms with Gasteiger partial charge in [-0.15, -0.1) is 0 Å². The molecule has 0 saturated carbocycles. The molecule has 1 aromatic carbocycles. The van der Waals surface area contributed by atoms with Gasteiger partial charge in [0.25, 0.3) is 0 Å². The van der Waals surface area contributed by atoms with Gasteiger partial charge in [0.1, 0.15) is 0 Å². The fourth-order valence-electron chi connectivity index (χ4n) is 2.55. The van der Waals surface area contributed by atoms with Crippen LogP contribution in [0.15, 0.2) is 24.3 Å². The largest absolute Gasteiger partial charge is 0.305 e. The second-order valence-electron chi connectivity index (χ2n) is 4.61. The molecule has 1 fully saturated rings. The number of hydrogen-bond acceptors (Lipinski definition) is 2. The standard InChI is InChI=1S/C14H19NO/c1-3-14(9-6-10-15-14)13(16)12-8-5-4-7-11(12)2/h4-5,7-8,15H,3,6,9-10H2,1-2H3. The zero-order valence-corrected chi connectivity index (χ0v) is 10.0. The molecule has 1 saturated heterocycles. The van der Waals surface area contributed by atoms with Crippen molar-refractivity contribution in [2.45, 2.75) is 38.6 Å². The number of nitrogens with one attached hydrogen (secondary N) is 1. The molecule has 1 aromatic rings. The summed E-state index contributed by atoms with van der Waals surface area (Å²) in [6.07, 6.45) is 2.95. The van der Waals surface area contributed by atoms with E-state index < -0.39 is 0 Å². The lowest BCUT2D eigenvalue weighted by molar-refractivity contribution is 0.0863. The monoisotopic (exact) mass is 217 g/mol. The molecule has 0 aromatic heterocycles. The van der Waals surface area contributed by atoms with Crippen molar-refractivity contribution in [2.24, 2.45) is 0 Å². The van der Waals surface area contributed by atoms with Crippen LogP contribution in [0.2, 0.25) is 0 Å². The Hall–Kier alpha value is -1.15. The number of rotatable bonds is 3. The Morgan fingerprint density at radius 2 is 2.19 bits per heavy atom. The van der Waals surface area contributed by atoms with E-state index in [-0.39, 0.29) is 11.3 Å². The van der Waals surface area contributed by atoms with Crippen LogP contribution in [0.1, 0.15) is 42.1 Å². The highest BCUT2D eigenvalue weighted by molar-refractivity contribution is 6.04. The molecular formula is C14H19NO. The third-order valence-corrected chi connectivity index (χ3v) is 3.67. The van der Waals surface area contributed by atoms with Gasteiger partial charge in [0, 0.05) is 5.56 Å². The first kappa shape index (κ1) is 11.3. The molecule has 2 rings (SSSR count). The second-order valence-corrected chi connectivity index (χ2v) is 4.61. The van der Waals surface area contributed by atoms with E-state index in [2.05, 4.69) is 12.2 Å². The highest BCUT2D eigenvalue weighted by atomic mass is 16.1. The van der Waals surface area contributed by atoms with Gasteiger partial charge < -0.3 is 5.32 Å². The molecule has 0 aliphatic carbocycles. The number of carbonyl (C=O) groups excluding carboxylic acids is 1. The predicted octanol–water partition coefficient (Wildman–Crippen LogP) is 2.71. The first-order chi connectivity index (χ1) is 7.69. The average Bonchev–Trinajstić information content (AvgIpc) is 2.78. The third-order valence-electron chi connectivity index (χ3n) is 3.67. The Bertz CT molecular complexity index is 391. The van der Waals surface area contributed by atoms with Crippen LogP contribution < -0.4 is 5.32 Å². The number of benzene rings is 1. The molecule has 2 heteroatoms. The first-order valence-electron chi connectivity index (χ1n) is 6.05. The molecule has 1 N–H and O–H groups in total. The Balaban J connectivity index is 2.34. The Morgan fingerprint density at radius 1 is 1.44 bits per heavy atom.